The lowest BCUT2D eigenvalue weighted by molar-refractivity contribution is 0.398. The highest BCUT2D eigenvalue weighted by Crippen LogP contribution is 2.42. The molecular weight excluding hydrogens is 548 g/mol. The lowest BCUT2D eigenvalue weighted by Gasteiger charge is -2.11. The molecule has 3 N–H and O–H groups in total. The van der Waals surface area contributed by atoms with Gasteiger partial charge in [0.1, 0.15) is 15.5 Å². The molecular formula is C22H20N2O10S3. The fraction of sp³-hybridized carbons (Fsp3) is 0.0909. The van der Waals surface area contributed by atoms with Crippen LogP contribution in [0.2, 0.25) is 0 Å². The molecule has 0 amide bonds. The molecule has 0 saturated heterocycles. The number of benzene rings is 3. The second-order valence-corrected chi connectivity index (χ2v) is 11.8. The van der Waals surface area contributed by atoms with E-state index in [4.69, 9.17) is 0 Å². The Kier molecular flexibility index (Phi) is 7.69. The molecule has 0 aliphatic carbocycles. The highest BCUT2D eigenvalue weighted by Gasteiger charge is 2.24. The van der Waals surface area contributed by atoms with Crippen LogP contribution < -0.4 is 0 Å². The number of phenolic OH excluding ortho intramolecular Hbond substituents is 1. The summed E-state index contributed by atoms with van der Waals surface area (Å²) in [5, 5.41) is 18.6. The van der Waals surface area contributed by atoms with Crippen LogP contribution in [0.4, 0.5) is 11.4 Å². The summed E-state index contributed by atoms with van der Waals surface area (Å²) in [4.78, 5) is -1.73. The summed E-state index contributed by atoms with van der Waals surface area (Å²) < 4.78 is 95.1. The van der Waals surface area contributed by atoms with Gasteiger partial charge in [0.15, 0.2) is 5.75 Å². The number of hydrogen-bond donors (Lipinski definition) is 3. The van der Waals surface area contributed by atoms with E-state index in [1.807, 2.05) is 0 Å². The first kappa shape index (κ1) is 28.1. The van der Waals surface area contributed by atoms with Gasteiger partial charge in [0.2, 0.25) is 0 Å². The second kappa shape index (κ2) is 10.1. The smallest absolute Gasteiger partial charge is 0.298 e. The van der Waals surface area contributed by atoms with Crippen LogP contribution in [0.5, 0.6) is 5.75 Å². The minimum Gasteiger partial charge on any atom is -0.504 e. The van der Waals surface area contributed by atoms with Crippen LogP contribution >= 0.6 is 0 Å². The van der Waals surface area contributed by atoms with E-state index in [1.54, 1.807) is 13.0 Å². The minimum absolute atomic E-state index is 0.00670. The minimum atomic E-state index is -4.98. The summed E-state index contributed by atoms with van der Waals surface area (Å²) in [5.41, 5.74) is -0.201. The molecule has 3 rings (SSSR count). The number of phenols is 1. The Hall–Kier alpha value is -3.47. The molecule has 12 nitrogen and oxygen atoms in total. The zero-order valence-corrected chi connectivity index (χ0v) is 21.7. The van der Waals surface area contributed by atoms with Crippen LogP contribution in [0, 0.1) is 0 Å². The molecule has 0 bridgehead atoms. The number of fused-ring (bicyclic) bond motifs is 1. The third-order valence-electron chi connectivity index (χ3n) is 5.11. The maximum Gasteiger partial charge on any atom is 0.298 e. The monoisotopic (exact) mass is 568 g/mol. The van der Waals surface area contributed by atoms with Gasteiger partial charge in [-0.25, -0.2) is 0 Å². The molecule has 0 aliphatic heterocycles. The fourth-order valence-corrected chi connectivity index (χ4v) is 5.48. The van der Waals surface area contributed by atoms with Crippen molar-refractivity contribution in [3.05, 3.63) is 60.2 Å². The van der Waals surface area contributed by atoms with Crippen molar-refractivity contribution in [2.75, 3.05) is 7.11 Å². The van der Waals surface area contributed by atoms with E-state index in [9.17, 15) is 39.5 Å². The van der Waals surface area contributed by atoms with E-state index in [-0.39, 0.29) is 32.5 Å². The molecule has 37 heavy (non-hydrogen) atoms. The Labute approximate surface area is 212 Å². The number of azo groups is 1. The normalized spacial score (nSPS) is 13.1. The topological polar surface area (TPSA) is 197 Å². The number of allylic oxidation sites excluding steroid dienone is 1. The quantitative estimate of drug-likeness (QED) is 0.198. The van der Waals surface area contributed by atoms with Gasteiger partial charge in [0, 0.05) is 16.5 Å². The molecule has 15 heteroatoms. The van der Waals surface area contributed by atoms with Gasteiger partial charge in [-0.1, -0.05) is 30.9 Å². The summed E-state index contributed by atoms with van der Waals surface area (Å²) in [6.45, 7) is 5.19. The van der Waals surface area contributed by atoms with Crippen molar-refractivity contribution in [3.63, 3.8) is 0 Å². The average Bonchev–Trinajstić information content (AvgIpc) is 2.81. The van der Waals surface area contributed by atoms with Gasteiger partial charge in [-0.05, 0) is 42.6 Å². The lowest BCUT2D eigenvalue weighted by Crippen LogP contribution is -2.03. The van der Waals surface area contributed by atoms with E-state index in [0.29, 0.717) is 0 Å². The van der Waals surface area contributed by atoms with Crippen LogP contribution in [0.3, 0.4) is 0 Å². The van der Waals surface area contributed by atoms with E-state index in [1.165, 1.54) is 24.3 Å². The number of hydrogen-bond acceptors (Lipinski definition) is 10. The second-order valence-electron chi connectivity index (χ2n) is 7.34. The van der Waals surface area contributed by atoms with Gasteiger partial charge in [-0.15, -0.1) is 10.2 Å². The Morgan fingerprint density at radius 2 is 1.54 bits per heavy atom. The standard InChI is InChI=1S/C22H20N2O10S3/c1-4-6-17-15(5-2)19(35(26,27)28)10-9-18(17)23-24-21-16-8-7-14(37(32,33)34-3)11-13(16)12-20(22(21)25)36(29,30)31/h4-12,25H,2H2,1,3H3,(H,26,27,28)(H,29,30,31)/b6-4-,24-23?. The average molecular weight is 569 g/mol. The lowest BCUT2D eigenvalue weighted by atomic mass is 10.0. The molecule has 0 heterocycles. The van der Waals surface area contributed by atoms with Crippen LogP contribution in [-0.4, -0.2) is 46.6 Å². The zero-order valence-electron chi connectivity index (χ0n) is 19.2. The summed E-state index contributed by atoms with van der Waals surface area (Å²) in [6, 6.07) is 6.55. The van der Waals surface area contributed by atoms with Crippen molar-refractivity contribution in [1.29, 1.82) is 0 Å². The summed E-state index contributed by atoms with van der Waals surface area (Å²) in [5.74, 6) is -0.966. The molecule has 0 unspecified atom stereocenters. The predicted octanol–water partition coefficient (Wildman–Crippen LogP) is 4.47. The number of rotatable bonds is 8. The Bertz CT molecular complexity index is 1810. The van der Waals surface area contributed by atoms with Crippen LogP contribution in [0.1, 0.15) is 18.1 Å². The largest absolute Gasteiger partial charge is 0.504 e. The highest BCUT2D eigenvalue weighted by atomic mass is 32.2. The fourth-order valence-electron chi connectivity index (χ4n) is 3.45. The maximum absolute atomic E-state index is 12.1. The predicted molar refractivity (Wildman–Crippen MR) is 135 cm³/mol. The first-order valence-corrected chi connectivity index (χ1v) is 14.3. The summed E-state index contributed by atoms with van der Waals surface area (Å²) in [6.07, 6.45) is 4.20. The van der Waals surface area contributed by atoms with Crippen molar-refractivity contribution in [1.82, 2.24) is 0 Å². The molecule has 0 aliphatic rings. The van der Waals surface area contributed by atoms with Crippen molar-refractivity contribution in [2.24, 2.45) is 10.2 Å². The molecule has 0 fully saturated rings. The van der Waals surface area contributed by atoms with Crippen molar-refractivity contribution in [2.45, 2.75) is 21.6 Å². The van der Waals surface area contributed by atoms with Crippen LogP contribution in [0.15, 0.2) is 74.0 Å². The molecule has 0 saturated carbocycles. The molecule has 0 spiro atoms. The van der Waals surface area contributed by atoms with E-state index < -0.39 is 51.6 Å². The molecule has 196 valence electrons. The first-order chi connectivity index (χ1) is 17.2. The van der Waals surface area contributed by atoms with E-state index in [0.717, 1.165) is 31.4 Å². The molecule has 0 atom stereocenters. The maximum atomic E-state index is 12.1. The Balaban J connectivity index is 2.37. The zero-order chi connectivity index (χ0) is 27.8. The first-order valence-electron chi connectivity index (χ1n) is 10.0. The number of nitrogens with zero attached hydrogens (tertiary/aromatic N) is 2. The molecule has 3 aromatic carbocycles. The van der Waals surface area contributed by atoms with Crippen molar-refractivity contribution < 1.29 is 43.6 Å². The Morgan fingerprint density at radius 3 is 2.08 bits per heavy atom. The SMILES string of the molecule is C=Cc1c(S(=O)(=O)O)ccc(N=Nc2c(O)c(S(=O)(=O)O)cc3cc(S(=O)(=O)OC)ccc23)c1/C=C\C. The third kappa shape index (κ3) is 5.61. The van der Waals surface area contributed by atoms with Crippen LogP contribution in [-0.2, 0) is 34.5 Å². The van der Waals surface area contributed by atoms with E-state index >= 15 is 0 Å². The molecule has 0 aromatic heterocycles. The summed E-state index contributed by atoms with van der Waals surface area (Å²) in [7, 11) is -12.8. The van der Waals surface area contributed by atoms with E-state index in [2.05, 4.69) is 21.0 Å². The van der Waals surface area contributed by atoms with Gasteiger partial charge < -0.3 is 5.11 Å². The van der Waals surface area contributed by atoms with Gasteiger partial charge in [-0.3, -0.25) is 13.3 Å². The molecule has 3 aromatic rings. The van der Waals surface area contributed by atoms with Gasteiger partial charge >= 0.3 is 0 Å². The third-order valence-corrected chi connectivity index (χ3v) is 8.15. The number of aromatic hydroxyl groups is 1. The highest BCUT2D eigenvalue weighted by molar-refractivity contribution is 7.87. The molecule has 0 radical (unpaired) electrons. The summed E-state index contributed by atoms with van der Waals surface area (Å²) >= 11 is 0. The van der Waals surface area contributed by atoms with Gasteiger partial charge in [0.25, 0.3) is 30.4 Å². The van der Waals surface area contributed by atoms with Gasteiger partial charge in [0.05, 0.1) is 17.7 Å². The van der Waals surface area contributed by atoms with Gasteiger partial charge in [-0.2, -0.15) is 25.3 Å². The Morgan fingerprint density at radius 1 is 0.892 bits per heavy atom. The van der Waals surface area contributed by atoms with Crippen molar-refractivity contribution in [3.8, 4) is 5.75 Å². The van der Waals surface area contributed by atoms with Crippen LogP contribution in [0.25, 0.3) is 22.9 Å². The van der Waals surface area contributed by atoms with Crippen molar-refractivity contribution >= 4 is 64.7 Å².